The third-order valence-corrected chi connectivity index (χ3v) is 10.6. The lowest BCUT2D eigenvalue weighted by atomic mass is 9.77. The van der Waals surface area contributed by atoms with E-state index in [0.717, 1.165) is 0 Å². The molecule has 0 radical (unpaired) electrons. The summed E-state index contributed by atoms with van der Waals surface area (Å²) in [5, 5.41) is 5.17. The Morgan fingerprint density at radius 2 is 1.00 bits per heavy atom. The van der Waals surface area contributed by atoms with Crippen LogP contribution >= 0.6 is 0 Å². The molecule has 1 aliphatic rings. The number of rotatable bonds is 5. The van der Waals surface area contributed by atoms with Crippen molar-refractivity contribution < 1.29 is 0 Å². The molecule has 1 atom stereocenters. The van der Waals surface area contributed by atoms with E-state index in [-0.39, 0.29) is 11.3 Å². The van der Waals surface area contributed by atoms with Gasteiger partial charge in [0.1, 0.15) is 0 Å². The van der Waals surface area contributed by atoms with Crippen LogP contribution in [0.2, 0.25) is 0 Å². The largest absolute Gasteiger partial charge is 0.0622 e. The second-order valence-electron chi connectivity index (χ2n) is 13.6. The van der Waals surface area contributed by atoms with Crippen LogP contribution in [0.4, 0.5) is 0 Å². The third-order valence-electron chi connectivity index (χ3n) is 10.6. The third kappa shape index (κ3) is 4.44. The summed E-state index contributed by atoms with van der Waals surface area (Å²) in [6.45, 7) is 4.76. The Morgan fingerprint density at radius 1 is 0.396 bits per heavy atom. The fourth-order valence-electron chi connectivity index (χ4n) is 8.34. The lowest BCUT2D eigenvalue weighted by Crippen LogP contribution is -2.15. The highest BCUT2D eigenvalue weighted by molar-refractivity contribution is 6.09. The lowest BCUT2D eigenvalue weighted by molar-refractivity contribution is 0.660. The van der Waals surface area contributed by atoms with Crippen molar-refractivity contribution in [1.82, 2.24) is 0 Å². The maximum atomic E-state index is 2.52. The SMILES string of the molecule is CC1(C)c2ccc(C(c3ccccc3-c3ccccc3)c3cc4ccccc4c4ccccc34)cc2-c2c(-c3ccccc3)cccc21. The van der Waals surface area contributed by atoms with Gasteiger partial charge in [-0.25, -0.2) is 0 Å². The van der Waals surface area contributed by atoms with Gasteiger partial charge in [-0.3, -0.25) is 0 Å². The van der Waals surface area contributed by atoms with Crippen molar-refractivity contribution >= 4 is 21.5 Å². The Kier molecular flexibility index (Phi) is 6.66. The Labute approximate surface area is 283 Å². The van der Waals surface area contributed by atoms with Gasteiger partial charge in [-0.15, -0.1) is 0 Å². The van der Waals surface area contributed by atoms with Gasteiger partial charge >= 0.3 is 0 Å². The molecule has 1 aliphatic carbocycles. The zero-order valence-electron chi connectivity index (χ0n) is 27.3. The van der Waals surface area contributed by atoms with Crippen LogP contribution in [0.5, 0.6) is 0 Å². The molecule has 228 valence electrons. The maximum absolute atomic E-state index is 2.52. The predicted octanol–water partition coefficient (Wildman–Crippen LogP) is 12.8. The molecule has 48 heavy (non-hydrogen) atoms. The summed E-state index contributed by atoms with van der Waals surface area (Å²) >= 11 is 0. The summed E-state index contributed by atoms with van der Waals surface area (Å²) in [6.07, 6.45) is 0. The van der Waals surface area contributed by atoms with E-state index in [1.165, 1.54) is 82.7 Å². The average Bonchev–Trinajstić information content (AvgIpc) is 3.38. The Morgan fingerprint density at radius 3 is 1.77 bits per heavy atom. The molecule has 0 spiro atoms. The number of fused-ring (bicyclic) bond motifs is 6. The highest BCUT2D eigenvalue weighted by atomic mass is 14.4. The molecule has 0 aliphatic heterocycles. The van der Waals surface area contributed by atoms with Crippen LogP contribution in [0.3, 0.4) is 0 Å². The Balaban J connectivity index is 1.36. The van der Waals surface area contributed by atoms with Gasteiger partial charge in [0.2, 0.25) is 0 Å². The van der Waals surface area contributed by atoms with E-state index in [9.17, 15) is 0 Å². The van der Waals surface area contributed by atoms with Crippen LogP contribution in [0, 0.1) is 0 Å². The molecular formula is C48H36. The highest BCUT2D eigenvalue weighted by Crippen LogP contribution is 2.53. The Hall–Kier alpha value is -5.72. The van der Waals surface area contributed by atoms with E-state index in [1.807, 2.05) is 0 Å². The van der Waals surface area contributed by atoms with E-state index >= 15 is 0 Å². The summed E-state index contributed by atoms with van der Waals surface area (Å²) < 4.78 is 0. The predicted molar refractivity (Wildman–Crippen MR) is 204 cm³/mol. The van der Waals surface area contributed by atoms with Crippen molar-refractivity contribution in [3.8, 4) is 33.4 Å². The first-order valence-electron chi connectivity index (χ1n) is 17.0. The number of benzene rings is 8. The molecular weight excluding hydrogens is 577 g/mol. The summed E-state index contributed by atoms with van der Waals surface area (Å²) in [5.41, 5.74) is 14.4. The van der Waals surface area contributed by atoms with Crippen molar-refractivity contribution in [1.29, 1.82) is 0 Å². The minimum Gasteiger partial charge on any atom is -0.0622 e. The van der Waals surface area contributed by atoms with Crippen molar-refractivity contribution in [3.05, 3.63) is 204 Å². The molecule has 0 heterocycles. The van der Waals surface area contributed by atoms with Gasteiger partial charge in [0.15, 0.2) is 0 Å². The fourth-order valence-corrected chi connectivity index (χ4v) is 8.34. The van der Waals surface area contributed by atoms with Crippen LogP contribution < -0.4 is 0 Å². The minimum absolute atomic E-state index is 0.0114. The second kappa shape index (κ2) is 11.2. The quantitative estimate of drug-likeness (QED) is 0.134. The van der Waals surface area contributed by atoms with Crippen LogP contribution in [0.1, 0.15) is 47.6 Å². The lowest BCUT2D eigenvalue weighted by Gasteiger charge is -2.26. The molecule has 9 rings (SSSR count). The van der Waals surface area contributed by atoms with E-state index in [4.69, 9.17) is 0 Å². The van der Waals surface area contributed by atoms with Gasteiger partial charge in [0.05, 0.1) is 0 Å². The van der Waals surface area contributed by atoms with Gasteiger partial charge in [0, 0.05) is 11.3 Å². The first-order valence-corrected chi connectivity index (χ1v) is 17.0. The monoisotopic (exact) mass is 612 g/mol. The van der Waals surface area contributed by atoms with Crippen LogP contribution in [-0.4, -0.2) is 0 Å². The molecule has 0 aromatic heterocycles. The average molecular weight is 613 g/mol. The molecule has 0 bridgehead atoms. The molecule has 8 aromatic rings. The summed E-state index contributed by atoms with van der Waals surface area (Å²) in [6, 6.07) is 65.2. The van der Waals surface area contributed by atoms with Crippen LogP contribution in [0.15, 0.2) is 176 Å². The molecule has 0 nitrogen and oxygen atoms in total. The molecule has 0 amide bonds. The molecule has 0 saturated heterocycles. The molecule has 0 saturated carbocycles. The topological polar surface area (TPSA) is 0 Å². The first-order chi connectivity index (χ1) is 23.6. The first kappa shape index (κ1) is 28.5. The van der Waals surface area contributed by atoms with E-state index in [0.29, 0.717) is 0 Å². The summed E-state index contributed by atoms with van der Waals surface area (Å²) in [4.78, 5) is 0. The van der Waals surface area contributed by atoms with Crippen molar-refractivity contribution in [3.63, 3.8) is 0 Å². The molecule has 0 fully saturated rings. The van der Waals surface area contributed by atoms with Crippen LogP contribution in [-0.2, 0) is 5.41 Å². The molecule has 0 N–H and O–H groups in total. The molecule has 8 aromatic carbocycles. The standard InChI is InChI=1S/C48H36/c1-48(2)44-29-28-35(31-43(44)47-38(26-15-27-45(47)48)33-18-7-4-8-19-33)46(41-25-14-11-21-36(41)32-16-5-3-6-17-32)42-30-34-20-9-10-22-37(34)39-23-12-13-24-40(39)42/h3-31,46H,1-2H3. The van der Waals surface area contributed by atoms with Gasteiger partial charge in [-0.2, -0.15) is 0 Å². The van der Waals surface area contributed by atoms with Gasteiger partial charge in [0.25, 0.3) is 0 Å². The smallest absolute Gasteiger partial charge is 0.0352 e. The van der Waals surface area contributed by atoms with Crippen molar-refractivity contribution in [2.24, 2.45) is 0 Å². The van der Waals surface area contributed by atoms with Gasteiger partial charge < -0.3 is 0 Å². The van der Waals surface area contributed by atoms with Crippen molar-refractivity contribution in [2.45, 2.75) is 25.2 Å². The van der Waals surface area contributed by atoms with E-state index in [2.05, 4.69) is 190 Å². The van der Waals surface area contributed by atoms with Crippen LogP contribution in [0.25, 0.3) is 54.9 Å². The second-order valence-corrected chi connectivity index (χ2v) is 13.6. The number of hydrogen-bond donors (Lipinski definition) is 0. The minimum atomic E-state index is -0.0962. The normalized spacial score (nSPS) is 13.7. The maximum Gasteiger partial charge on any atom is 0.0352 e. The summed E-state index contributed by atoms with van der Waals surface area (Å²) in [7, 11) is 0. The molecule has 1 unspecified atom stereocenters. The zero-order chi connectivity index (χ0) is 32.2. The number of hydrogen-bond acceptors (Lipinski definition) is 0. The van der Waals surface area contributed by atoms with E-state index in [1.54, 1.807) is 0 Å². The molecule has 0 heteroatoms. The van der Waals surface area contributed by atoms with Crippen molar-refractivity contribution in [2.75, 3.05) is 0 Å². The zero-order valence-corrected chi connectivity index (χ0v) is 27.3. The fraction of sp³-hybridized carbons (Fsp3) is 0.0833. The summed E-state index contributed by atoms with van der Waals surface area (Å²) in [5.74, 6) is 0.0114. The highest BCUT2D eigenvalue weighted by Gasteiger charge is 2.37. The van der Waals surface area contributed by atoms with Gasteiger partial charge in [-0.1, -0.05) is 178 Å². The Bertz CT molecular complexity index is 2470. The van der Waals surface area contributed by atoms with E-state index < -0.39 is 0 Å². The van der Waals surface area contributed by atoms with Gasteiger partial charge in [-0.05, 0) is 94.9 Å².